The third-order valence-electron chi connectivity index (χ3n) is 2.67. The SMILES string of the molecule is c1ccc(CCNc2cncc3nnnn23)cc1. The summed E-state index contributed by atoms with van der Waals surface area (Å²) in [5.41, 5.74) is 1.93. The van der Waals surface area contributed by atoms with Crippen molar-refractivity contribution >= 4 is 11.5 Å². The Labute approximate surface area is 104 Å². The lowest BCUT2D eigenvalue weighted by atomic mass is 10.1. The normalized spacial score (nSPS) is 10.7. The Morgan fingerprint density at radius 1 is 1.11 bits per heavy atom. The van der Waals surface area contributed by atoms with Crippen LogP contribution in [-0.4, -0.2) is 31.6 Å². The maximum Gasteiger partial charge on any atom is 0.199 e. The van der Waals surface area contributed by atoms with E-state index in [0.29, 0.717) is 5.65 Å². The second kappa shape index (κ2) is 4.79. The summed E-state index contributed by atoms with van der Waals surface area (Å²) in [6, 6.07) is 10.3. The molecular weight excluding hydrogens is 228 g/mol. The lowest BCUT2D eigenvalue weighted by Crippen LogP contribution is -2.09. The maximum absolute atomic E-state index is 4.08. The van der Waals surface area contributed by atoms with E-state index >= 15 is 0 Å². The van der Waals surface area contributed by atoms with E-state index < -0.39 is 0 Å². The van der Waals surface area contributed by atoms with Gasteiger partial charge >= 0.3 is 0 Å². The molecule has 0 atom stereocenters. The quantitative estimate of drug-likeness (QED) is 0.741. The van der Waals surface area contributed by atoms with Gasteiger partial charge in [0, 0.05) is 6.54 Å². The zero-order chi connectivity index (χ0) is 12.2. The third kappa shape index (κ3) is 2.13. The average molecular weight is 240 g/mol. The van der Waals surface area contributed by atoms with Crippen molar-refractivity contribution in [2.75, 3.05) is 11.9 Å². The Hall–Kier alpha value is -2.50. The van der Waals surface area contributed by atoms with Crippen LogP contribution in [0.15, 0.2) is 42.7 Å². The fraction of sp³-hybridized carbons (Fsp3) is 0.167. The second-order valence-electron chi connectivity index (χ2n) is 3.90. The first kappa shape index (κ1) is 10.6. The highest BCUT2D eigenvalue weighted by molar-refractivity contribution is 5.43. The molecule has 0 unspecified atom stereocenters. The van der Waals surface area contributed by atoms with Gasteiger partial charge < -0.3 is 5.32 Å². The molecule has 0 amide bonds. The van der Waals surface area contributed by atoms with Crippen molar-refractivity contribution in [3.8, 4) is 0 Å². The molecule has 0 saturated carbocycles. The van der Waals surface area contributed by atoms with Gasteiger partial charge in [-0.2, -0.15) is 4.52 Å². The van der Waals surface area contributed by atoms with Gasteiger partial charge in [0.25, 0.3) is 0 Å². The number of benzene rings is 1. The van der Waals surface area contributed by atoms with Crippen molar-refractivity contribution in [1.82, 2.24) is 25.0 Å². The van der Waals surface area contributed by atoms with Crippen LogP contribution < -0.4 is 5.32 Å². The van der Waals surface area contributed by atoms with Crippen LogP contribution in [0.5, 0.6) is 0 Å². The van der Waals surface area contributed by atoms with Crippen LogP contribution in [0.4, 0.5) is 5.82 Å². The molecule has 0 aliphatic rings. The molecule has 0 saturated heterocycles. The molecule has 0 fully saturated rings. The largest absolute Gasteiger partial charge is 0.368 e. The smallest absolute Gasteiger partial charge is 0.199 e. The van der Waals surface area contributed by atoms with Gasteiger partial charge in [0.1, 0.15) is 5.82 Å². The van der Waals surface area contributed by atoms with Crippen molar-refractivity contribution in [3.05, 3.63) is 48.3 Å². The standard InChI is InChI=1S/C12H12N6/c1-2-4-10(5-3-1)6-7-14-11-8-13-9-12-15-16-17-18(11)12/h1-5,8-9,14H,6-7H2. The first-order valence-corrected chi connectivity index (χ1v) is 5.73. The molecule has 1 N–H and O–H groups in total. The first-order valence-electron chi connectivity index (χ1n) is 5.73. The summed E-state index contributed by atoms with van der Waals surface area (Å²) in [4.78, 5) is 4.08. The number of fused-ring (bicyclic) bond motifs is 1. The highest BCUT2D eigenvalue weighted by Crippen LogP contribution is 2.06. The predicted octanol–water partition coefficient (Wildman–Crippen LogP) is 1.17. The van der Waals surface area contributed by atoms with Gasteiger partial charge in [-0.3, -0.25) is 4.98 Å². The van der Waals surface area contributed by atoms with Gasteiger partial charge in [0.2, 0.25) is 0 Å². The van der Waals surface area contributed by atoms with Gasteiger partial charge in [0.05, 0.1) is 12.4 Å². The van der Waals surface area contributed by atoms with Crippen LogP contribution >= 0.6 is 0 Å². The lowest BCUT2D eigenvalue weighted by molar-refractivity contribution is 0.818. The van der Waals surface area contributed by atoms with E-state index in [0.717, 1.165) is 18.8 Å². The number of anilines is 1. The molecule has 0 radical (unpaired) electrons. The van der Waals surface area contributed by atoms with Crippen LogP contribution in [0.3, 0.4) is 0 Å². The summed E-state index contributed by atoms with van der Waals surface area (Å²) < 4.78 is 1.64. The summed E-state index contributed by atoms with van der Waals surface area (Å²) >= 11 is 0. The van der Waals surface area contributed by atoms with Gasteiger partial charge in [-0.15, -0.1) is 5.10 Å². The molecule has 0 bridgehead atoms. The minimum absolute atomic E-state index is 0.639. The third-order valence-corrected chi connectivity index (χ3v) is 2.67. The average Bonchev–Trinajstić information content (AvgIpc) is 2.89. The summed E-state index contributed by atoms with van der Waals surface area (Å²) in [5.74, 6) is 0.799. The molecule has 6 nitrogen and oxygen atoms in total. The molecule has 6 heteroatoms. The molecule has 0 aliphatic heterocycles. The molecule has 2 heterocycles. The number of hydrogen-bond acceptors (Lipinski definition) is 5. The monoisotopic (exact) mass is 240 g/mol. The van der Waals surface area contributed by atoms with Crippen molar-refractivity contribution < 1.29 is 0 Å². The molecule has 2 aromatic heterocycles. The first-order chi connectivity index (χ1) is 8.93. The minimum Gasteiger partial charge on any atom is -0.368 e. The topological polar surface area (TPSA) is 68.0 Å². The molecule has 1 aromatic carbocycles. The summed E-state index contributed by atoms with van der Waals surface area (Å²) in [6.45, 7) is 0.810. The molecule has 18 heavy (non-hydrogen) atoms. The summed E-state index contributed by atoms with van der Waals surface area (Å²) in [7, 11) is 0. The lowest BCUT2D eigenvalue weighted by Gasteiger charge is -2.06. The van der Waals surface area contributed by atoms with Crippen LogP contribution in [0.2, 0.25) is 0 Å². The van der Waals surface area contributed by atoms with Gasteiger partial charge in [0.15, 0.2) is 5.65 Å². The highest BCUT2D eigenvalue weighted by atomic mass is 15.5. The Balaban J connectivity index is 1.68. The number of aromatic nitrogens is 5. The van der Waals surface area contributed by atoms with Crippen molar-refractivity contribution in [3.63, 3.8) is 0 Å². The fourth-order valence-electron chi connectivity index (χ4n) is 1.78. The molecule has 0 aliphatic carbocycles. The van der Waals surface area contributed by atoms with Crippen molar-refractivity contribution in [2.24, 2.45) is 0 Å². The predicted molar refractivity (Wildman–Crippen MR) is 67.2 cm³/mol. The van der Waals surface area contributed by atoms with E-state index in [4.69, 9.17) is 0 Å². The van der Waals surface area contributed by atoms with Crippen molar-refractivity contribution in [1.29, 1.82) is 0 Å². The molecule has 3 aromatic rings. The number of tetrazole rings is 1. The zero-order valence-corrected chi connectivity index (χ0v) is 9.69. The Morgan fingerprint density at radius 2 is 2.00 bits per heavy atom. The number of nitrogens with zero attached hydrogens (tertiary/aromatic N) is 5. The number of nitrogens with one attached hydrogen (secondary N) is 1. The molecule has 90 valence electrons. The van der Waals surface area contributed by atoms with E-state index in [9.17, 15) is 0 Å². The van der Waals surface area contributed by atoms with E-state index in [-0.39, 0.29) is 0 Å². The van der Waals surface area contributed by atoms with Gasteiger partial charge in [-0.25, -0.2) is 0 Å². The van der Waals surface area contributed by atoms with Crippen molar-refractivity contribution in [2.45, 2.75) is 6.42 Å². The fourth-order valence-corrected chi connectivity index (χ4v) is 1.78. The zero-order valence-electron chi connectivity index (χ0n) is 9.69. The van der Waals surface area contributed by atoms with Crippen LogP contribution in [0.1, 0.15) is 5.56 Å². The molecule has 0 spiro atoms. The number of rotatable bonds is 4. The van der Waals surface area contributed by atoms with Crippen LogP contribution in [0, 0.1) is 0 Å². The summed E-state index contributed by atoms with van der Waals surface area (Å²) in [5, 5.41) is 14.6. The molecular formula is C12H12N6. The van der Waals surface area contributed by atoms with Crippen LogP contribution in [-0.2, 0) is 6.42 Å². The van der Waals surface area contributed by atoms with Gasteiger partial charge in [-0.1, -0.05) is 30.3 Å². The Bertz CT molecular complexity index is 633. The van der Waals surface area contributed by atoms with E-state index in [1.165, 1.54) is 5.56 Å². The van der Waals surface area contributed by atoms with E-state index in [2.05, 4.69) is 38.0 Å². The van der Waals surface area contributed by atoms with E-state index in [1.807, 2.05) is 18.2 Å². The van der Waals surface area contributed by atoms with Crippen LogP contribution in [0.25, 0.3) is 5.65 Å². The van der Waals surface area contributed by atoms with Gasteiger partial charge in [-0.05, 0) is 22.4 Å². The minimum atomic E-state index is 0.639. The Kier molecular flexibility index (Phi) is 2.83. The van der Waals surface area contributed by atoms with E-state index in [1.54, 1.807) is 16.9 Å². The maximum atomic E-state index is 4.08. The second-order valence-corrected chi connectivity index (χ2v) is 3.90. The number of hydrogen-bond donors (Lipinski definition) is 1. The highest BCUT2D eigenvalue weighted by Gasteiger charge is 2.02. The molecule has 3 rings (SSSR count). The Morgan fingerprint density at radius 3 is 2.89 bits per heavy atom. The summed E-state index contributed by atoms with van der Waals surface area (Å²) in [6.07, 6.45) is 4.29.